The number of nitrogens with one attached hydrogen (secondary N) is 1. The predicted molar refractivity (Wildman–Crippen MR) is 79.2 cm³/mol. The largest absolute Gasteiger partial charge is 0.366 e. The zero-order chi connectivity index (χ0) is 12.3. The zero-order valence-electron chi connectivity index (χ0n) is 10.4. The average molecular weight is 318 g/mol. The van der Waals surface area contributed by atoms with Crippen LogP contribution in [0.5, 0.6) is 0 Å². The summed E-state index contributed by atoms with van der Waals surface area (Å²) >= 11 is 5.29. The van der Waals surface area contributed by atoms with Crippen molar-refractivity contribution in [2.45, 2.75) is 12.5 Å². The summed E-state index contributed by atoms with van der Waals surface area (Å²) in [6, 6.07) is 2.82. The second kappa shape index (κ2) is 6.18. The molecule has 2 heterocycles. The minimum atomic E-state index is 0.639. The lowest BCUT2D eigenvalue weighted by atomic mass is 10.1. The van der Waals surface area contributed by atoms with Crippen LogP contribution in [0.1, 0.15) is 6.42 Å². The average Bonchev–Trinajstić information content (AvgIpc) is 2.73. The summed E-state index contributed by atoms with van der Waals surface area (Å²) in [6.45, 7) is 4.57. The third-order valence-electron chi connectivity index (χ3n) is 3.20. The van der Waals surface area contributed by atoms with Gasteiger partial charge in [0.15, 0.2) is 0 Å². The van der Waals surface area contributed by atoms with Crippen molar-refractivity contribution in [1.29, 1.82) is 0 Å². The topological polar surface area (TPSA) is 18.5 Å². The minimum Gasteiger partial charge on any atom is -0.366 e. The number of thiophene rings is 1. The number of rotatable bonds is 4. The van der Waals surface area contributed by atoms with Crippen LogP contribution in [0.4, 0.5) is 5.00 Å². The van der Waals surface area contributed by atoms with E-state index in [1.54, 1.807) is 11.3 Å². The summed E-state index contributed by atoms with van der Waals surface area (Å²) in [5, 5.41) is 7.06. The van der Waals surface area contributed by atoms with Crippen molar-refractivity contribution in [3.8, 4) is 0 Å². The molecule has 2 rings (SSSR count). The standard InChI is InChI=1S/C12H20BrN3S/c1-15-6-4-14-11(8-15)3-5-16(2)12-7-10(13)9-17-12/h7,9,11,14H,3-6,8H2,1-2H3. The number of hydrogen-bond donors (Lipinski definition) is 1. The van der Waals surface area contributed by atoms with E-state index in [0.29, 0.717) is 6.04 Å². The van der Waals surface area contributed by atoms with Gasteiger partial charge in [-0.1, -0.05) is 0 Å². The second-order valence-electron chi connectivity index (χ2n) is 4.73. The minimum absolute atomic E-state index is 0.639. The first kappa shape index (κ1) is 13.3. The third-order valence-corrected chi connectivity index (χ3v) is 5.01. The molecular formula is C12H20BrN3S. The molecule has 96 valence electrons. The van der Waals surface area contributed by atoms with E-state index in [2.05, 4.69) is 56.6 Å². The Morgan fingerprint density at radius 1 is 1.65 bits per heavy atom. The van der Waals surface area contributed by atoms with Crippen LogP contribution in [0.15, 0.2) is 15.9 Å². The maximum atomic E-state index is 3.59. The molecule has 0 spiro atoms. The third kappa shape index (κ3) is 3.95. The monoisotopic (exact) mass is 317 g/mol. The number of anilines is 1. The highest BCUT2D eigenvalue weighted by atomic mass is 79.9. The maximum Gasteiger partial charge on any atom is 0.0917 e. The number of hydrogen-bond acceptors (Lipinski definition) is 4. The van der Waals surface area contributed by atoms with Gasteiger partial charge < -0.3 is 15.1 Å². The molecular weight excluding hydrogens is 298 g/mol. The fourth-order valence-electron chi connectivity index (χ4n) is 2.15. The second-order valence-corrected chi connectivity index (χ2v) is 6.53. The van der Waals surface area contributed by atoms with E-state index in [1.807, 2.05) is 0 Å². The van der Waals surface area contributed by atoms with Crippen molar-refractivity contribution in [1.82, 2.24) is 10.2 Å². The lowest BCUT2D eigenvalue weighted by Crippen LogP contribution is -2.49. The Bertz CT molecular complexity index is 355. The molecule has 0 bridgehead atoms. The summed E-state index contributed by atoms with van der Waals surface area (Å²) in [5.74, 6) is 0. The Hall–Kier alpha value is -0.100. The quantitative estimate of drug-likeness (QED) is 0.918. The van der Waals surface area contributed by atoms with Gasteiger partial charge in [0.2, 0.25) is 0 Å². The van der Waals surface area contributed by atoms with Gasteiger partial charge in [-0.2, -0.15) is 0 Å². The van der Waals surface area contributed by atoms with Crippen LogP contribution in [0.3, 0.4) is 0 Å². The molecule has 17 heavy (non-hydrogen) atoms. The van der Waals surface area contributed by atoms with Gasteiger partial charge in [-0.15, -0.1) is 11.3 Å². The lowest BCUT2D eigenvalue weighted by molar-refractivity contribution is 0.233. The smallest absolute Gasteiger partial charge is 0.0917 e. The predicted octanol–water partition coefficient (Wildman–Crippen LogP) is 2.24. The molecule has 0 saturated carbocycles. The van der Waals surface area contributed by atoms with E-state index >= 15 is 0 Å². The summed E-state index contributed by atoms with van der Waals surface area (Å²) in [4.78, 5) is 4.74. The summed E-state index contributed by atoms with van der Waals surface area (Å²) in [7, 11) is 4.37. The molecule has 0 radical (unpaired) electrons. The molecule has 1 aliphatic rings. The van der Waals surface area contributed by atoms with Gasteiger partial charge in [0.05, 0.1) is 5.00 Å². The fourth-order valence-corrected chi connectivity index (χ4v) is 3.56. The van der Waals surface area contributed by atoms with E-state index in [4.69, 9.17) is 0 Å². The van der Waals surface area contributed by atoms with Gasteiger partial charge in [0.25, 0.3) is 0 Å². The Kier molecular flexibility index (Phi) is 4.85. The summed E-state index contributed by atoms with van der Waals surface area (Å²) in [5.41, 5.74) is 0. The highest BCUT2D eigenvalue weighted by Crippen LogP contribution is 2.27. The van der Waals surface area contributed by atoms with E-state index in [9.17, 15) is 0 Å². The molecule has 1 N–H and O–H groups in total. The molecule has 1 saturated heterocycles. The van der Waals surface area contributed by atoms with Crippen molar-refractivity contribution in [2.24, 2.45) is 0 Å². The van der Waals surface area contributed by atoms with E-state index < -0.39 is 0 Å². The molecule has 3 nitrogen and oxygen atoms in total. The van der Waals surface area contributed by atoms with E-state index in [0.717, 1.165) is 13.1 Å². The van der Waals surface area contributed by atoms with Gasteiger partial charge in [-0.3, -0.25) is 0 Å². The van der Waals surface area contributed by atoms with Crippen molar-refractivity contribution in [3.63, 3.8) is 0 Å². The SMILES string of the molecule is CN1CCNC(CCN(C)c2cc(Br)cs2)C1. The van der Waals surface area contributed by atoms with Gasteiger partial charge in [0.1, 0.15) is 0 Å². The highest BCUT2D eigenvalue weighted by Gasteiger charge is 2.16. The van der Waals surface area contributed by atoms with Gasteiger partial charge >= 0.3 is 0 Å². The summed E-state index contributed by atoms with van der Waals surface area (Å²) < 4.78 is 1.18. The first-order valence-electron chi connectivity index (χ1n) is 6.02. The molecule has 5 heteroatoms. The van der Waals surface area contributed by atoms with Crippen LogP contribution in [0.2, 0.25) is 0 Å². The summed E-state index contributed by atoms with van der Waals surface area (Å²) in [6.07, 6.45) is 1.20. The lowest BCUT2D eigenvalue weighted by Gasteiger charge is -2.32. The number of halogens is 1. The number of likely N-dealkylation sites (N-methyl/N-ethyl adjacent to an activating group) is 1. The fraction of sp³-hybridized carbons (Fsp3) is 0.667. The zero-order valence-corrected chi connectivity index (χ0v) is 12.9. The molecule has 1 aromatic heterocycles. The number of piperazine rings is 1. The van der Waals surface area contributed by atoms with Crippen molar-refractivity contribution in [3.05, 3.63) is 15.9 Å². The molecule has 1 atom stereocenters. The Balaban J connectivity index is 1.77. The van der Waals surface area contributed by atoms with Crippen LogP contribution in [0, 0.1) is 0 Å². The van der Waals surface area contributed by atoms with Crippen molar-refractivity contribution < 1.29 is 0 Å². The van der Waals surface area contributed by atoms with Crippen LogP contribution >= 0.6 is 27.3 Å². The van der Waals surface area contributed by atoms with Crippen LogP contribution in [0.25, 0.3) is 0 Å². The maximum absolute atomic E-state index is 3.59. The van der Waals surface area contributed by atoms with E-state index in [-0.39, 0.29) is 0 Å². The molecule has 0 amide bonds. The molecule has 1 aromatic rings. The van der Waals surface area contributed by atoms with Crippen LogP contribution in [-0.4, -0.2) is 51.2 Å². The Morgan fingerprint density at radius 3 is 3.12 bits per heavy atom. The van der Waals surface area contributed by atoms with Gasteiger partial charge in [-0.25, -0.2) is 0 Å². The van der Waals surface area contributed by atoms with Crippen LogP contribution < -0.4 is 10.2 Å². The Morgan fingerprint density at radius 2 is 2.47 bits per heavy atom. The molecule has 1 unspecified atom stereocenters. The van der Waals surface area contributed by atoms with E-state index in [1.165, 1.54) is 29.0 Å². The highest BCUT2D eigenvalue weighted by molar-refractivity contribution is 9.10. The molecule has 1 aliphatic heterocycles. The first-order valence-corrected chi connectivity index (χ1v) is 7.69. The Labute approximate surface area is 116 Å². The van der Waals surface area contributed by atoms with Crippen molar-refractivity contribution in [2.75, 3.05) is 45.2 Å². The van der Waals surface area contributed by atoms with Crippen LogP contribution in [-0.2, 0) is 0 Å². The molecule has 0 aliphatic carbocycles. The molecule has 0 aromatic carbocycles. The molecule has 1 fully saturated rings. The van der Waals surface area contributed by atoms with Gasteiger partial charge in [-0.05, 0) is 35.5 Å². The normalized spacial score (nSPS) is 21.7. The number of nitrogens with zero attached hydrogens (tertiary/aromatic N) is 2. The van der Waals surface area contributed by atoms with Gasteiger partial charge in [0, 0.05) is 49.1 Å². The van der Waals surface area contributed by atoms with Crippen molar-refractivity contribution >= 4 is 32.3 Å². The first-order chi connectivity index (χ1) is 8.15.